The molecule has 0 aliphatic carbocycles. The van der Waals surface area contributed by atoms with E-state index in [-0.39, 0.29) is 25.9 Å². The van der Waals surface area contributed by atoms with Gasteiger partial charge in [0.05, 0.1) is 13.0 Å². The van der Waals surface area contributed by atoms with Crippen LogP contribution in [0.25, 0.3) is 0 Å². The van der Waals surface area contributed by atoms with Gasteiger partial charge in [-0.15, -0.1) is 0 Å². The van der Waals surface area contributed by atoms with Crippen LogP contribution in [0.3, 0.4) is 0 Å². The molecule has 0 aromatic heterocycles. The van der Waals surface area contributed by atoms with Gasteiger partial charge < -0.3 is 39.0 Å². The minimum atomic E-state index is -1.93. The summed E-state index contributed by atoms with van der Waals surface area (Å²) in [7, 11) is 0. The first-order chi connectivity index (χ1) is 40.6. The van der Waals surface area contributed by atoms with Crippen LogP contribution in [0, 0.1) is 0 Å². The van der Waals surface area contributed by atoms with Gasteiger partial charge >= 0.3 is 23.9 Å². The third-order valence-electron chi connectivity index (χ3n) is 13.7. The molecule has 6 atom stereocenters. The van der Waals surface area contributed by atoms with Crippen LogP contribution in [-0.4, -0.2) is 89.2 Å². The molecular formula is C71H112O12. The van der Waals surface area contributed by atoms with Crippen molar-refractivity contribution in [1.82, 2.24) is 0 Å². The summed E-state index contributed by atoms with van der Waals surface area (Å²) in [4.78, 5) is 51.3. The standard InChI is InChI=1S/C71H112O12/c1-4-7-10-13-16-19-22-25-28-30-32-34-37-39-42-45-48-51-54-57-63(72)79-60-62(81-64(73)58-55-52-49-46-43-40-36-27-24-21-18-15-12-9-6-3)61-80-71-69(67(76)66(75)68(83-71)70(77)78)82-65(74)59-56-53-50-47-44-41-38-35-33-31-29-26-23-20-17-14-11-8-5-2/h8-9,11-12,16-21,25-29,33,35-36,43,46,52,55,62,66-69,71,75-76H,4-7,10,13-15,22-24,30-32,34,37-42,44-45,47-51,53-54,56-61H2,1-3H3,(H,77,78)/b11-8-,12-9-,19-16-,20-17-,21-18-,28-25-,29-26-,35-33-,36-27-,46-43-,55-52-. The summed E-state index contributed by atoms with van der Waals surface area (Å²) in [5.74, 6) is -3.32. The molecule has 0 radical (unpaired) electrons. The highest BCUT2D eigenvalue weighted by Gasteiger charge is 2.50. The van der Waals surface area contributed by atoms with Crippen LogP contribution >= 0.6 is 0 Å². The molecule has 468 valence electrons. The van der Waals surface area contributed by atoms with Crippen molar-refractivity contribution in [2.75, 3.05) is 13.2 Å². The first-order valence-corrected chi connectivity index (χ1v) is 32.2. The first kappa shape index (κ1) is 75.9. The number of aliphatic hydroxyl groups excluding tert-OH is 2. The quantitative estimate of drug-likeness (QED) is 0.0228. The molecule has 0 aromatic rings. The van der Waals surface area contributed by atoms with Gasteiger partial charge in [-0.2, -0.15) is 0 Å². The molecule has 12 heteroatoms. The third-order valence-corrected chi connectivity index (χ3v) is 13.7. The number of ether oxygens (including phenoxy) is 5. The minimum Gasteiger partial charge on any atom is -0.479 e. The predicted molar refractivity (Wildman–Crippen MR) is 340 cm³/mol. The fourth-order valence-electron chi connectivity index (χ4n) is 8.88. The number of carboxylic acids is 1. The van der Waals surface area contributed by atoms with Crippen molar-refractivity contribution < 1.29 is 58.2 Å². The Morgan fingerprint density at radius 3 is 1.22 bits per heavy atom. The number of rotatable bonds is 53. The number of hydrogen-bond acceptors (Lipinski definition) is 11. The van der Waals surface area contributed by atoms with E-state index < -0.39 is 67.3 Å². The number of carbonyl (C=O) groups excluding carboxylic acids is 3. The van der Waals surface area contributed by atoms with E-state index in [2.05, 4.69) is 130 Å². The van der Waals surface area contributed by atoms with Gasteiger partial charge in [0.15, 0.2) is 24.6 Å². The minimum absolute atomic E-state index is 0.0264. The number of aliphatic carboxylic acids is 1. The van der Waals surface area contributed by atoms with Gasteiger partial charge in [0.25, 0.3) is 0 Å². The van der Waals surface area contributed by atoms with Crippen LogP contribution in [0.2, 0.25) is 0 Å². The van der Waals surface area contributed by atoms with Crippen LogP contribution in [-0.2, 0) is 42.9 Å². The lowest BCUT2D eigenvalue weighted by Gasteiger charge is -2.40. The summed E-state index contributed by atoms with van der Waals surface area (Å²) in [6.07, 6.45) is 68.6. The molecule has 0 amide bonds. The summed E-state index contributed by atoms with van der Waals surface area (Å²) in [5, 5.41) is 31.6. The summed E-state index contributed by atoms with van der Waals surface area (Å²) in [6, 6.07) is 0. The Morgan fingerprint density at radius 2 is 0.795 bits per heavy atom. The predicted octanol–water partition coefficient (Wildman–Crippen LogP) is 17.3. The SMILES string of the molecule is CC/C=C\C/C=C\C/C=C\C/C=C\C/C=C\CC(=O)OC(COC(=O)CCCCCCCCCCC/C=C\C/C=C\CCCCC)COC1OC(C(=O)O)C(O)C(O)C1OC(=O)CCCCCCCC/C=C\C/C=C\C/C=C\C/C=C\CC. The van der Waals surface area contributed by atoms with Crippen molar-refractivity contribution in [3.8, 4) is 0 Å². The number of esters is 3. The molecule has 0 aromatic carbocycles. The van der Waals surface area contributed by atoms with Crippen molar-refractivity contribution in [1.29, 1.82) is 0 Å². The number of allylic oxidation sites excluding steroid dienone is 21. The number of hydrogen-bond donors (Lipinski definition) is 3. The molecule has 0 spiro atoms. The average Bonchev–Trinajstić information content (AvgIpc) is 3.60. The van der Waals surface area contributed by atoms with E-state index in [9.17, 15) is 34.5 Å². The van der Waals surface area contributed by atoms with E-state index in [1.54, 1.807) is 6.08 Å². The lowest BCUT2D eigenvalue weighted by molar-refractivity contribution is -0.301. The number of carboxylic acid groups (broad SMARTS) is 1. The van der Waals surface area contributed by atoms with Crippen molar-refractivity contribution in [3.05, 3.63) is 134 Å². The molecule has 1 fully saturated rings. The highest BCUT2D eigenvalue weighted by Crippen LogP contribution is 2.26. The van der Waals surface area contributed by atoms with Gasteiger partial charge in [0, 0.05) is 12.8 Å². The lowest BCUT2D eigenvalue weighted by Crippen LogP contribution is -2.61. The van der Waals surface area contributed by atoms with Gasteiger partial charge in [0.1, 0.15) is 18.8 Å². The number of aliphatic hydroxyl groups is 2. The Balaban J connectivity index is 2.71. The number of carbonyl (C=O) groups is 4. The Hall–Kier alpha value is -5.14. The Morgan fingerprint density at radius 1 is 0.422 bits per heavy atom. The molecule has 6 unspecified atom stereocenters. The maximum atomic E-state index is 13.1. The van der Waals surface area contributed by atoms with Crippen LogP contribution < -0.4 is 0 Å². The fourth-order valence-corrected chi connectivity index (χ4v) is 8.88. The van der Waals surface area contributed by atoms with Crippen LogP contribution in [0.15, 0.2) is 134 Å². The topological polar surface area (TPSA) is 175 Å². The Bertz CT molecular complexity index is 1950. The van der Waals surface area contributed by atoms with Gasteiger partial charge in [-0.3, -0.25) is 14.4 Å². The molecule has 1 saturated heterocycles. The fraction of sp³-hybridized carbons (Fsp3) is 0.634. The van der Waals surface area contributed by atoms with E-state index in [0.717, 1.165) is 122 Å². The zero-order valence-corrected chi connectivity index (χ0v) is 51.6. The van der Waals surface area contributed by atoms with Crippen LogP contribution in [0.1, 0.15) is 239 Å². The van der Waals surface area contributed by atoms with E-state index in [1.807, 2.05) is 18.2 Å². The molecule has 83 heavy (non-hydrogen) atoms. The Labute approximate surface area is 502 Å². The van der Waals surface area contributed by atoms with Crippen molar-refractivity contribution >= 4 is 23.9 Å². The van der Waals surface area contributed by atoms with Gasteiger partial charge in [-0.05, 0) is 116 Å². The summed E-state index contributed by atoms with van der Waals surface area (Å²) in [5.41, 5.74) is 0. The molecule has 1 rings (SSSR count). The smallest absolute Gasteiger partial charge is 0.335 e. The molecular weight excluding hydrogens is 1040 g/mol. The van der Waals surface area contributed by atoms with Gasteiger partial charge in [0.2, 0.25) is 0 Å². The van der Waals surface area contributed by atoms with Gasteiger partial charge in [-0.25, -0.2) is 4.79 Å². The van der Waals surface area contributed by atoms with Crippen molar-refractivity contribution in [2.24, 2.45) is 0 Å². The highest BCUT2D eigenvalue weighted by atomic mass is 16.7. The third kappa shape index (κ3) is 46.9. The van der Waals surface area contributed by atoms with E-state index in [4.69, 9.17) is 23.7 Å². The second-order valence-electron chi connectivity index (χ2n) is 21.3. The van der Waals surface area contributed by atoms with Crippen LogP contribution in [0.5, 0.6) is 0 Å². The Kier molecular flexibility index (Phi) is 52.4. The molecule has 1 aliphatic heterocycles. The lowest BCUT2D eigenvalue weighted by atomic mass is 9.98. The van der Waals surface area contributed by atoms with Gasteiger partial charge in [-0.1, -0.05) is 238 Å². The first-order valence-electron chi connectivity index (χ1n) is 32.2. The highest BCUT2D eigenvalue weighted by molar-refractivity contribution is 5.74. The number of unbranched alkanes of at least 4 members (excludes halogenated alkanes) is 18. The largest absolute Gasteiger partial charge is 0.479 e. The summed E-state index contributed by atoms with van der Waals surface area (Å²) >= 11 is 0. The molecule has 1 aliphatic rings. The second-order valence-corrected chi connectivity index (χ2v) is 21.3. The summed E-state index contributed by atoms with van der Waals surface area (Å²) in [6.45, 7) is 5.66. The van der Waals surface area contributed by atoms with E-state index in [1.165, 1.54) is 57.8 Å². The van der Waals surface area contributed by atoms with E-state index in [0.29, 0.717) is 19.3 Å². The molecule has 0 bridgehead atoms. The van der Waals surface area contributed by atoms with Crippen LogP contribution in [0.4, 0.5) is 0 Å². The molecule has 3 N–H and O–H groups in total. The second kappa shape index (κ2) is 57.3. The van der Waals surface area contributed by atoms with Crippen molar-refractivity contribution in [3.63, 3.8) is 0 Å². The van der Waals surface area contributed by atoms with Crippen molar-refractivity contribution in [2.45, 2.75) is 276 Å². The molecule has 1 heterocycles. The summed E-state index contributed by atoms with van der Waals surface area (Å²) < 4.78 is 28.4. The molecule has 0 saturated carbocycles. The zero-order chi connectivity index (χ0) is 60.3. The zero-order valence-electron chi connectivity index (χ0n) is 51.6. The normalized spacial score (nSPS) is 18.5. The average molecular weight is 1160 g/mol. The molecule has 12 nitrogen and oxygen atoms in total. The monoisotopic (exact) mass is 1160 g/mol. The maximum Gasteiger partial charge on any atom is 0.335 e. The maximum absolute atomic E-state index is 13.1. The van der Waals surface area contributed by atoms with E-state index >= 15 is 0 Å².